The molecule has 0 fully saturated rings. The van der Waals surface area contributed by atoms with Gasteiger partial charge >= 0.3 is 0 Å². The van der Waals surface area contributed by atoms with E-state index in [1.807, 2.05) is 0 Å². The van der Waals surface area contributed by atoms with Crippen molar-refractivity contribution in [1.29, 1.82) is 0 Å². The second-order valence-electron chi connectivity index (χ2n) is 4.69. The summed E-state index contributed by atoms with van der Waals surface area (Å²) in [6.45, 7) is 2.15. The standard InChI is InChI=1S/C15H17F3N4O/c1-2-22-15(13(17)18)20-14(21-22)11-3-5-12(6-4-11)23-9-10(7-16)8-19/h3-7,13H,2,8-9,19H2,1H3/b10-7+. The Morgan fingerprint density at radius 1 is 1.35 bits per heavy atom. The maximum absolute atomic E-state index is 12.9. The number of halogens is 3. The molecule has 0 bridgehead atoms. The van der Waals surface area contributed by atoms with Crippen LogP contribution in [0.15, 0.2) is 36.2 Å². The van der Waals surface area contributed by atoms with Gasteiger partial charge in [0.15, 0.2) is 11.6 Å². The van der Waals surface area contributed by atoms with Gasteiger partial charge < -0.3 is 10.5 Å². The summed E-state index contributed by atoms with van der Waals surface area (Å²) in [6, 6.07) is 6.58. The first-order valence-electron chi connectivity index (χ1n) is 7.03. The van der Waals surface area contributed by atoms with Crippen LogP contribution in [0.25, 0.3) is 11.4 Å². The van der Waals surface area contributed by atoms with Crippen LogP contribution >= 0.6 is 0 Å². The monoisotopic (exact) mass is 326 g/mol. The summed E-state index contributed by atoms with van der Waals surface area (Å²) in [6.07, 6.45) is -2.26. The van der Waals surface area contributed by atoms with Crippen LogP contribution in [0.4, 0.5) is 13.2 Å². The highest BCUT2D eigenvalue weighted by Gasteiger charge is 2.18. The van der Waals surface area contributed by atoms with E-state index >= 15 is 0 Å². The molecule has 0 saturated carbocycles. The Bertz CT molecular complexity index is 668. The summed E-state index contributed by atoms with van der Waals surface area (Å²) in [5.41, 5.74) is 6.25. The average molecular weight is 326 g/mol. The van der Waals surface area contributed by atoms with Crippen molar-refractivity contribution in [2.45, 2.75) is 19.9 Å². The number of nitrogens with two attached hydrogens (primary N) is 1. The molecule has 0 aliphatic heterocycles. The highest BCUT2D eigenvalue weighted by atomic mass is 19.3. The van der Waals surface area contributed by atoms with E-state index in [2.05, 4.69) is 10.1 Å². The van der Waals surface area contributed by atoms with E-state index in [0.29, 0.717) is 29.8 Å². The molecule has 8 heteroatoms. The third-order valence-electron chi connectivity index (χ3n) is 3.15. The average Bonchev–Trinajstić information content (AvgIpc) is 3.01. The molecular weight excluding hydrogens is 309 g/mol. The minimum atomic E-state index is -2.68. The normalized spacial score (nSPS) is 12.0. The van der Waals surface area contributed by atoms with Crippen LogP contribution in [-0.4, -0.2) is 27.9 Å². The first-order valence-corrected chi connectivity index (χ1v) is 7.03. The molecule has 23 heavy (non-hydrogen) atoms. The second kappa shape index (κ2) is 7.77. The summed E-state index contributed by atoms with van der Waals surface area (Å²) >= 11 is 0. The van der Waals surface area contributed by atoms with Gasteiger partial charge in [-0.2, -0.15) is 5.10 Å². The molecule has 5 nitrogen and oxygen atoms in total. The van der Waals surface area contributed by atoms with Gasteiger partial charge in [0.2, 0.25) is 0 Å². The number of benzene rings is 1. The Labute approximate surface area is 131 Å². The molecule has 0 unspecified atom stereocenters. The maximum atomic E-state index is 12.9. The van der Waals surface area contributed by atoms with Crippen LogP contribution in [0, 0.1) is 0 Å². The van der Waals surface area contributed by atoms with Gasteiger partial charge in [0.05, 0.1) is 6.33 Å². The summed E-state index contributed by atoms with van der Waals surface area (Å²) in [5.74, 6) is 0.369. The van der Waals surface area contributed by atoms with Crippen LogP contribution < -0.4 is 10.5 Å². The van der Waals surface area contributed by atoms with Gasteiger partial charge in [-0.15, -0.1) is 0 Å². The molecule has 2 rings (SSSR count). The van der Waals surface area contributed by atoms with E-state index in [9.17, 15) is 13.2 Å². The first kappa shape index (κ1) is 17.0. The van der Waals surface area contributed by atoms with Crippen LogP contribution in [0.3, 0.4) is 0 Å². The maximum Gasteiger partial charge on any atom is 0.297 e. The fourth-order valence-corrected chi connectivity index (χ4v) is 1.88. The van der Waals surface area contributed by atoms with E-state index < -0.39 is 6.43 Å². The Morgan fingerprint density at radius 3 is 2.52 bits per heavy atom. The molecule has 1 heterocycles. The molecule has 0 radical (unpaired) electrons. The molecule has 0 spiro atoms. The van der Waals surface area contributed by atoms with Crippen molar-refractivity contribution < 1.29 is 17.9 Å². The molecule has 0 atom stereocenters. The van der Waals surface area contributed by atoms with Gasteiger partial charge in [0.25, 0.3) is 6.43 Å². The smallest absolute Gasteiger partial charge is 0.297 e. The largest absolute Gasteiger partial charge is 0.489 e. The van der Waals surface area contributed by atoms with Crippen molar-refractivity contribution in [3.05, 3.63) is 42.0 Å². The van der Waals surface area contributed by atoms with Crippen molar-refractivity contribution in [2.24, 2.45) is 5.73 Å². The lowest BCUT2D eigenvalue weighted by Crippen LogP contribution is -2.10. The van der Waals surface area contributed by atoms with Gasteiger partial charge in [-0.25, -0.2) is 22.8 Å². The fourth-order valence-electron chi connectivity index (χ4n) is 1.88. The first-order chi connectivity index (χ1) is 11.1. The zero-order valence-corrected chi connectivity index (χ0v) is 12.5. The summed E-state index contributed by atoms with van der Waals surface area (Å²) in [7, 11) is 0. The van der Waals surface area contributed by atoms with Gasteiger partial charge in [0, 0.05) is 24.2 Å². The summed E-state index contributed by atoms with van der Waals surface area (Å²) in [5, 5.41) is 4.06. The van der Waals surface area contributed by atoms with E-state index in [1.54, 1.807) is 31.2 Å². The SMILES string of the molecule is CCn1nc(-c2ccc(OC/C(=C/F)CN)cc2)nc1C(F)F. The van der Waals surface area contributed by atoms with Crippen LogP contribution in [0.2, 0.25) is 0 Å². The molecule has 2 N–H and O–H groups in total. The van der Waals surface area contributed by atoms with Crippen LogP contribution in [-0.2, 0) is 6.54 Å². The van der Waals surface area contributed by atoms with Crippen LogP contribution in [0.1, 0.15) is 19.2 Å². The van der Waals surface area contributed by atoms with Gasteiger partial charge in [-0.3, -0.25) is 0 Å². The minimum absolute atomic E-state index is 0.0462. The second-order valence-corrected chi connectivity index (χ2v) is 4.69. The third kappa shape index (κ3) is 4.10. The topological polar surface area (TPSA) is 66.0 Å². The minimum Gasteiger partial charge on any atom is -0.489 e. The number of nitrogens with zero attached hydrogens (tertiary/aromatic N) is 3. The predicted molar refractivity (Wildman–Crippen MR) is 79.8 cm³/mol. The number of aromatic nitrogens is 3. The lowest BCUT2D eigenvalue weighted by molar-refractivity contribution is 0.134. The van der Waals surface area contributed by atoms with Crippen molar-refractivity contribution >= 4 is 0 Å². The number of alkyl halides is 2. The highest BCUT2D eigenvalue weighted by molar-refractivity contribution is 5.56. The Hall–Kier alpha value is -2.35. The number of rotatable bonds is 7. The molecule has 124 valence electrons. The van der Waals surface area contributed by atoms with E-state index in [1.165, 1.54) is 4.68 Å². The molecule has 1 aromatic heterocycles. The van der Waals surface area contributed by atoms with Gasteiger partial charge in [-0.1, -0.05) is 0 Å². The number of hydrogen-bond donors (Lipinski definition) is 1. The summed E-state index contributed by atoms with van der Waals surface area (Å²) < 4.78 is 44.7. The quantitative estimate of drug-likeness (QED) is 0.849. The zero-order valence-electron chi connectivity index (χ0n) is 12.5. The molecule has 0 saturated heterocycles. The fraction of sp³-hybridized carbons (Fsp3) is 0.333. The molecule has 0 aliphatic carbocycles. The van der Waals surface area contributed by atoms with Crippen LogP contribution in [0.5, 0.6) is 5.75 Å². The molecule has 0 amide bonds. The van der Waals surface area contributed by atoms with Gasteiger partial charge in [0.1, 0.15) is 12.4 Å². The zero-order chi connectivity index (χ0) is 16.8. The number of aryl methyl sites for hydroxylation is 1. The Morgan fingerprint density at radius 2 is 2.04 bits per heavy atom. The van der Waals surface area contributed by atoms with Crippen molar-refractivity contribution in [3.8, 4) is 17.1 Å². The van der Waals surface area contributed by atoms with Gasteiger partial charge in [-0.05, 0) is 31.2 Å². The predicted octanol–water partition coefficient (Wildman–Crippen LogP) is 3.09. The summed E-state index contributed by atoms with van der Waals surface area (Å²) in [4.78, 5) is 3.87. The lowest BCUT2D eigenvalue weighted by Gasteiger charge is -2.07. The van der Waals surface area contributed by atoms with Crippen molar-refractivity contribution in [1.82, 2.24) is 14.8 Å². The molecule has 2 aromatic rings. The van der Waals surface area contributed by atoms with Crippen molar-refractivity contribution in [2.75, 3.05) is 13.2 Å². The van der Waals surface area contributed by atoms with E-state index in [4.69, 9.17) is 10.5 Å². The van der Waals surface area contributed by atoms with E-state index in [0.717, 1.165) is 0 Å². The van der Waals surface area contributed by atoms with E-state index in [-0.39, 0.29) is 24.8 Å². The molecular formula is C15H17F3N4O. The molecule has 1 aromatic carbocycles. The Balaban J connectivity index is 2.13. The third-order valence-corrected chi connectivity index (χ3v) is 3.15. The number of hydrogen-bond acceptors (Lipinski definition) is 4. The lowest BCUT2D eigenvalue weighted by atomic mass is 10.2. The molecule has 0 aliphatic rings. The highest BCUT2D eigenvalue weighted by Crippen LogP contribution is 2.23. The number of ether oxygens (including phenoxy) is 1. The Kier molecular flexibility index (Phi) is 5.75. The van der Waals surface area contributed by atoms with Crippen molar-refractivity contribution in [3.63, 3.8) is 0 Å².